The standard InChI is InChI=1S/C12H17ClN2O/c13-7-2-1-3-12(16)15-10-6-11-4-8-14-9-5-11/h4-5,8-9H,1-3,6-7,10H2,(H,15,16). The van der Waals surface area contributed by atoms with Crippen molar-refractivity contribution in [2.24, 2.45) is 0 Å². The Labute approximate surface area is 101 Å². The first-order valence-corrected chi connectivity index (χ1v) is 6.08. The summed E-state index contributed by atoms with van der Waals surface area (Å²) in [5.74, 6) is 0.740. The number of carbonyl (C=O) groups excluding carboxylic acids is 1. The van der Waals surface area contributed by atoms with Crippen LogP contribution in [0.15, 0.2) is 24.5 Å². The van der Waals surface area contributed by atoms with Crippen LogP contribution in [-0.2, 0) is 11.2 Å². The fourth-order valence-electron chi connectivity index (χ4n) is 1.36. The lowest BCUT2D eigenvalue weighted by Gasteiger charge is -2.04. The van der Waals surface area contributed by atoms with E-state index < -0.39 is 0 Å². The summed E-state index contributed by atoms with van der Waals surface area (Å²) >= 11 is 5.53. The van der Waals surface area contributed by atoms with Gasteiger partial charge in [-0.1, -0.05) is 0 Å². The van der Waals surface area contributed by atoms with Gasteiger partial charge in [0.2, 0.25) is 5.91 Å². The third-order valence-electron chi connectivity index (χ3n) is 2.27. The first kappa shape index (κ1) is 13.0. The summed E-state index contributed by atoms with van der Waals surface area (Å²) in [5.41, 5.74) is 1.19. The van der Waals surface area contributed by atoms with Crippen LogP contribution in [-0.4, -0.2) is 23.3 Å². The maximum Gasteiger partial charge on any atom is 0.220 e. The van der Waals surface area contributed by atoms with Crippen molar-refractivity contribution in [3.63, 3.8) is 0 Å². The summed E-state index contributed by atoms with van der Waals surface area (Å²) in [4.78, 5) is 15.3. The molecule has 0 unspecified atom stereocenters. The fourth-order valence-corrected chi connectivity index (χ4v) is 1.55. The van der Waals surface area contributed by atoms with Gasteiger partial charge in [-0.25, -0.2) is 0 Å². The van der Waals surface area contributed by atoms with Gasteiger partial charge in [0, 0.05) is 31.2 Å². The van der Waals surface area contributed by atoms with E-state index in [1.807, 2.05) is 12.1 Å². The minimum Gasteiger partial charge on any atom is -0.356 e. The maximum atomic E-state index is 11.3. The molecule has 1 aromatic heterocycles. The van der Waals surface area contributed by atoms with Crippen LogP contribution in [0.3, 0.4) is 0 Å². The highest BCUT2D eigenvalue weighted by Gasteiger charge is 2.00. The molecule has 0 bridgehead atoms. The highest BCUT2D eigenvalue weighted by atomic mass is 35.5. The number of aromatic nitrogens is 1. The van der Waals surface area contributed by atoms with E-state index in [0.717, 1.165) is 19.3 Å². The van der Waals surface area contributed by atoms with E-state index >= 15 is 0 Å². The van der Waals surface area contributed by atoms with Crippen LogP contribution in [0.2, 0.25) is 0 Å². The smallest absolute Gasteiger partial charge is 0.220 e. The largest absolute Gasteiger partial charge is 0.356 e. The fraction of sp³-hybridized carbons (Fsp3) is 0.500. The van der Waals surface area contributed by atoms with Crippen molar-refractivity contribution in [3.05, 3.63) is 30.1 Å². The lowest BCUT2D eigenvalue weighted by atomic mass is 10.2. The van der Waals surface area contributed by atoms with Gasteiger partial charge >= 0.3 is 0 Å². The molecule has 1 rings (SSSR count). The summed E-state index contributed by atoms with van der Waals surface area (Å²) < 4.78 is 0. The normalized spacial score (nSPS) is 10.1. The molecule has 88 valence electrons. The van der Waals surface area contributed by atoms with Gasteiger partial charge in [-0.3, -0.25) is 9.78 Å². The molecule has 0 aromatic carbocycles. The van der Waals surface area contributed by atoms with Crippen molar-refractivity contribution in [1.82, 2.24) is 10.3 Å². The Bertz CT molecular complexity index is 303. The van der Waals surface area contributed by atoms with Crippen molar-refractivity contribution in [3.8, 4) is 0 Å². The van der Waals surface area contributed by atoms with E-state index in [1.165, 1.54) is 5.56 Å². The Balaban J connectivity index is 2.09. The number of carbonyl (C=O) groups is 1. The minimum atomic E-state index is 0.110. The highest BCUT2D eigenvalue weighted by molar-refractivity contribution is 6.17. The maximum absolute atomic E-state index is 11.3. The first-order chi connectivity index (χ1) is 7.83. The Kier molecular flexibility index (Phi) is 6.58. The van der Waals surface area contributed by atoms with Gasteiger partial charge in [0.15, 0.2) is 0 Å². The molecule has 1 heterocycles. The number of nitrogens with zero attached hydrogens (tertiary/aromatic N) is 1. The second-order valence-electron chi connectivity index (χ2n) is 3.60. The van der Waals surface area contributed by atoms with Crippen molar-refractivity contribution >= 4 is 17.5 Å². The lowest BCUT2D eigenvalue weighted by Crippen LogP contribution is -2.25. The van der Waals surface area contributed by atoms with E-state index in [2.05, 4.69) is 10.3 Å². The minimum absolute atomic E-state index is 0.110. The molecule has 0 saturated heterocycles. The Morgan fingerprint density at radius 1 is 1.31 bits per heavy atom. The number of hydrogen-bond acceptors (Lipinski definition) is 2. The molecule has 0 aliphatic carbocycles. The van der Waals surface area contributed by atoms with Crippen LogP contribution < -0.4 is 5.32 Å². The summed E-state index contributed by atoms with van der Waals surface area (Å²) in [6.45, 7) is 0.684. The molecule has 0 radical (unpaired) electrons. The molecule has 0 saturated carbocycles. The van der Waals surface area contributed by atoms with Crippen molar-refractivity contribution < 1.29 is 4.79 Å². The van der Waals surface area contributed by atoms with Crippen molar-refractivity contribution in [2.45, 2.75) is 25.7 Å². The second-order valence-corrected chi connectivity index (χ2v) is 3.98. The molecule has 0 fully saturated rings. The van der Waals surface area contributed by atoms with Crippen LogP contribution in [0.5, 0.6) is 0 Å². The molecular formula is C12H17ClN2O. The molecule has 1 aromatic rings. The van der Waals surface area contributed by atoms with Crippen LogP contribution in [0.25, 0.3) is 0 Å². The number of amides is 1. The average Bonchev–Trinajstić information content (AvgIpc) is 2.31. The van der Waals surface area contributed by atoms with Gasteiger partial charge in [-0.05, 0) is 37.0 Å². The average molecular weight is 241 g/mol. The summed E-state index contributed by atoms with van der Waals surface area (Å²) in [6, 6.07) is 3.92. The number of halogens is 1. The van der Waals surface area contributed by atoms with Gasteiger partial charge in [0.25, 0.3) is 0 Å². The topological polar surface area (TPSA) is 42.0 Å². The molecule has 0 aliphatic heterocycles. The third-order valence-corrected chi connectivity index (χ3v) is 2.54. The van der Waals surface area contributed by atoms with Crippen molar-refractivity contribution in [1.29, 1.82) is 0 Å². The second kappa shape index (κ2) is 8.11. The summed E-state index contributed by atoms with van der Waals surface area (Å²) in [7, 11) is 0. The summed E-state index contributed by atoms with van der Waals surface area (Å²) in [6.07, 6.45) is 6.71. The monoisotopic (exact) mass is 240 g/mol. The first-order valence-electron chi connectivity index (χ1n) is 5.54. The van der Waals surface area contributed by atoms with E-state index in [9.17, 15) is 4.79 Å². The van der Waals surface area contributed by atoms with E-state index in [1.54, 1.807) is 12.4 Å². The van der Waals surface area contributed by atoms with E-state index in [0.29, 0.717) is 18.8 Å². The van der Waals surface area contributed by atoms with Crippen LogP contribution in [0.1, 0.15) is 24.8 Å². The highest BCUT2D eigenvalue weighted by Crippen LogP contribution is 1.98. The molecule has 4 heteroatoms. The quantitative estimate of drug-likeness (QED) is 0.586. The number of unbranched alkanes of at least 4 members (excludes halogenated alkanes) is 1. The Morgan fingerprint density at radius 2 is 2.06 bits per heavy atom. The molecule has 0 atom stereocenters. The number of rotatable bonds is 7. The van der Waals surface area contributed by atoms with Gasteiger partial charge in [-0.2, -0.15) is 0 Å². The molecule has 16 heavy (non-hydrogen) atoms. The number of nitrogens with one attached hydrogen (secondary N) is 1. The van der Waals surface area contributed by atoms with E-state index in [4.69, 9.17) is 11.6 Å². The SMILES string of the molecule is O=C(CCCCCl)NCCc1ccncc1. The van der Waals surface area contributed by atoms with Gasteiger partial charge in [0.1, 0.15) is 0 Å². The van der Waals surface area contributed by atoms with Gasteiger partial charge < -0.3 is 5.32 Å². The number of hydrogen-bond donors (Lipinski definition) is 1. The Hall–Kier alpha value is -1.09. The van der Waals surface area contributed by atoms with Gasteiger partial charge in [0.05, 0.1) is 0 Å². The zero-order chi connectivity index (χ0) is 11.6. The van der Waals surface area contributed by atoms with Crippen LogP contribution >= 0.6 is 11.6 Å². The molecule has 3 nitrogen and oxygen atoms in total. The lowest BCUT2D eigenvalue weighted by molar-refractivity contribution is -0.121. The number of pyridine rings is 1. The molecule has 0 aliphatic rings. The summed E-state index contributed by atoms with van der Waals surface area (Å²) in [5, 5.41) is 2.89. The predicted molar refractivity (Wildman–Crippen MR) is 65.5 cm³/mol. The van der Waals surface area contributed by atoms with Crippen molar-refractivity contribution in [2.75, 3.05) is 12.4 Å². The molecular weight excluding hydrogens is 224 g/mol. The number of alkyl halides is 1. The Morgan fingerprint density at radius 3 is 2.75 bits per heavy atom. The van der Waals surface area contributed by atoms with Gasteiger partial charge in [-0.15, -0.1) is 11.6 Å². The van der Waals surface area contributed by atoms with E-state index in [-0.39, 0.29) is 5.91 Å². The van der Waals surface area contributed by atoms with Crippen LogP contribution in [0, 0.1) is 0 Å². The zero-order valence-electron chi connectivity index (χ0n) is 9.29. The molecule has 0 spiro atoms. The predicted octanol–water partition coefficient (Wildman–Crippen LogP) is 2.15. The van der Waals surface area contributed by atoms with Crippen LogP contribution in [0.4, 0.5) is 0 Å². The third kappa shape index (κ3) is 5.71. The molecule has 1 N–H and O–H groups in total. The zero-order valence-corrected chi connectivity index (χ0v) is 10.0. The molecule has 1 amide bonds.